The van der Waals surface area contributed by atoms with Crippen molar-refractivity contribution in [1.29, 1.82) is 0 Å². The van der Waals surface area contributed by atoms with Gasteiger partial charge in [-0.15, -0.1) is 6.58 Å². The van der Waals surface area contributed by atoms with E-state index in [0.29, 0.717) is 18.9 Å². The highest BCUT2D eigenvalue weighted by Crippen LogP contribution is 2.11. The van der Waals surface area contributed by atoms with E-state index in [-0.39, 0.29) is 5.83 Å². The summed E-state index contributed by atoms with van der Waals surface area (Å²) in [4.78, 5) is 0. The SMILES string of the molecule is C=CC(C/C=C(\C)F)CCN. The maximum Gasteiger partial charge on any atom is 0.0929 e. The van der Waals surface area contributed by atoms with Gasteiger partial charge in [-0.3, -0.25) is 0 Å². The second-order valence-electron chi connectivity index (χ2n) is 2.60. The molecule has 0 radical (unpaired) electrons. The minimum Gasteiger partial charge on any atom is -0.330 e. The van der Waals surface area contributed by atoms with Crippen LogP contribution in [-0.4, -0.2) is 6.54 Å². The number of nitrogens with two attached hydrogens (primary N) is 1. The first-order valence-electron chi connectivity index (χ1n) is 3.85. The van der Waals surface area contributed by atoms with Crippen LogP contribution in [0.15, 0.2) is 24.6 Å². The Labute approximate surface area is 67.8 Å². The Kier molecular flexibility index (Phi) is 5.75. The average molecular weight is 157 g/mol. The smallest absolute Gasteiger partial charge is 0.0929 e. The zero-order chi connectivity index (χ0) is 8.69. The lowest BCUT2D eigenvalue weighted by Gasteiger charge is -2.06. The van der Waals surface area contributed by atoms with Crippen LogP contribution in [0, 0.1) is 5.92 Å². The zero-order valence-corrected chi connectivity index (χ0v) is 7.02. The molecule has 0 aromatic heterocycles. The summed E-state index contributed by atoms with van der Waals surface area (Å²) in [5.74, 6) is 0.194. The maximum atomic E-state index is 12.2. The molecule has 0 rings (SSSR count). The fourth-order valence-corrected chi connectivity index (χ4v) is 0.860. The molecule has 0 aromatic rings. The molecule has 0 heterocycles. The van der Waals surface area contributed by atoms with Crippen molar-refractivity contribution in [3.05, 3.63) is 24.6 Å². The predicted octanol–water partition coefficient (Wildman–Crippen LogP) is 2.40. The van der Waals surface area contributed by atoms with Crippen molar-refractivity contribution in [2.24, 2.45) is 11.7 Å². The Bertz CT molecular complexity index is 136. The van der Waals surface area contributed by atoms with Crippen LogP contribution in [0.4, 0.5) is 4.39 Å². The van der Waals surface area contributed by atoms with Crippen molar-refractivity contribution in [3.8, 4) is 0 Å². The Balaban J connectivity index is 3.69. The highest BCUT2D eigenvalue weighted by Gasteiger charge is 1.99. The Hall–Kier alpha value is -0.630. The van der Waals surface area contributed by atoms with Crippen molar-refractivity contribution in [3.63, 3.8) is 0 Å². The molecule has 1 nitrogen and oxygen atoms in total. The second kappa shape index (κ2) is 6.10. The van der Waals surface area contributed by atoms with E-state index in [1.54, 1.807) is 6.08 Å². The van der Waals surface area contributed by atoms with Gasteiger partial charge in [0.15, 0.2) is 0 Å². The molecule has 2 N–H and O–H groups in total. The van der Waals surface area contributed by atoms with E-state index in [1.165, 1.54) is 6.92 Å². The van der Waals surface area contributed by atoms with Crippen LogP contribution in [0.5, 0.6) is 0 Å². The fourth-order valence-electron chi connectivity index (χ4n) is 0.860. The summed E-state index contributed by atoms with van der Waals surface area (Å²) in [6, 6.07) is 0. The molecule has 1 atom stereocenters. The van der Waals surface area contributed by atoms with Crippen LogP contribution in [-0.2, 0) is 0 Å². The highest BCUT2D eigenvalue weighted by molar-refractivity contribution is 4.92. The van der Waals surface area contributed by atoms with Gasteiger partial charge in [0, 0.05) is 0 Å². The monoisotopic (exact) mass is 157 g/mol. The molecule has 0 saturated heterocycles. The van der Waals surface area contributed by atoms with Gasteiger partial charge in [-0.05, 0) is 32.2 Å². The van der Waals surface area contributed by atoms with Crippen LogP contribution in [0.2, 0.25) is 0 Å². The molecule has 0 amide bonds. The first-order chi connectivity index (χ1) is 5.20. The van der Waals surface area contributed by atoms with Crippen LogP contribution >= 0.6 is 0 Å². The minimum atomic E-state index is -0.131. The van der Waals surface area contributed by atoms with E-state index in [0.717, 1.165) is 6.42 Å². The first-order valence-corrected chi connectivity index (χ1v) is 3.85. The summed E-state index contributed by atoms with van der Waals surface area (Å²) in [6.07, 6.45) is 4.99. The molecule has 0 aliphatic carbocycles. The van der Waals surface area contributed by atoms with Crippen LogP contribution in [0.3, 0.4) is 0 Å². The van der Waals surface area contributed by atoms with Crippen molar-refractivity contribution in [1.82, 2.24) is 0 Å². The topological polar surface area (TPSA) is 26.0 Å². The molecule has 0 aliphatic heterocycles. The lowest BCUT2D eigenvalue weighted by atomic mass is 10.0. The molecule has 0 bridgehead atoms. The number of rotatable bonds is 5. The standard InChI is InChI=1S/C9H16FN/c1-3-9(6-7-11)5-4-8(2)10/h3-4,9H,1,5-7,11H2,2H3/b8-4+. The summed E-state index contributed by atoms with van der Waals surface area (Å²) < 4.78 is 12.2. The van der Waals surface area contributed by atoms with E-state index in [1.807, 2.05) is 6.08 Å². The number of allylic oxidation sites excluding steroid dienone is 3. The Morgan fingerprint density at radius 2 is 2.36 bits per heavy atom. The van der Waals surface area contributed by atoms with E-state index in [9.17, 15) is 4.39 Å². The third-order valence-corrected chi connectivity index (χ3v) is 1.57. The third kappa shape index (κ3) is 5.80. The van der Waals surface area contributed by atoms with Crippen LogP contribution in [0.25, 0.3) is 0 Å². The Morgan fingerprint density at radius 3 is 2.73 bits per heavy atom. The molecule has 0 saturated carbocycles. The summed E-state index contributed by atoms with van der Waals surface area (Å²) in [5, 5.41) is 0. The third-order valence-electron chi connectivity index (χ3n) is 1.57. The summed E-state index contributed by atoms with van der Waals surface area (Å²) >= 11 is 0. The van der Waals surface area contributed by atoms with Crippen molar-refractivity contribution in [2.45, 2.75) is 19.8 Å². The van der Waals surface area contributed by atoms with Crippen LogP contribution < -0.4 is 5.73 Å². The van der Waals surface area contributed by atoms with Gasteiger partial charge in [0.05, 0.1) is 5.83 Å². The Morgan fingerprint density at radius 1 is 1.73 bits per heavy atom. The normalized spacial score (nSPS) is 14.6. The molecule has 2 heteroatoms. The zero-order valence-electron chi connectivity index (χ0n) is 7.02. The van der Waals surface area contributed by atoms with Crippen molar-refractivity contribution < 1.29 is 4.39 Å². The van der Waals surface area contributed by atoms with Crippen molar-refractivity contribution in [2.75, 3.05) is 6.54 Å². The first kappa shape index (κ1) is 10.4. The molecule has 0 aliphatic rings. The number of halogens is 1. The summed E-state index contributed by atoms with van der Waals surface area (Å²) in [7, 11) is 0. The minimum absolute atomic E-state index is 0.131. The lowest BCUT2D eigenvalue weighted by Crippen LogP contribution is -2.05. The summed E-state index contributed by atoms with van der Waals surface area (Å²) in [5.41, 5.74) is 5.35. The highest BCUT2D eigenvalue weighted by atomic mass is 19.1. The van der Waals surface area contributed by atoms with Gasteiger partial charge in [-0.2, -0.15) is 0 Å². The summed E-state index contributed by atoms with van der Waals surface area (Å²) in [6.45, 7) is 5.73. The van der Waals surface area contributed by atoms with Crippen molar-refractivity contribution >= 4 is 0 Å². The molecule has 64 valence electrons. The molecule has 11 heavy (non-hydrogen) atoms. The van der Waals surface area contributed by atoms with Gasteiger partial charge >= 0.3 is 0 Å². The molecular formula is C9H16FN. The van der Waals surface area contributed by atoms with Crippen LogP contribution in [0.1, 0.15) is 19.8 Å². The molecule has 1 unspecified atom stereocenters. The number of hydrogen-bond acceptors (Lipinski definition) is 1. The van der Waals surface area contributed by atoms with Gasteiger partial charge in [-0.1, -0.05) is 12.2 Å². The van der Waals surface area contributed by atoms with E-state index >= 15 is 0 Å². The van der Waals surface area contributed by atoms with Gasteiger partial charge in [0.25, 0.3) is 0 Å². The van der Waals surface area contributed by atoms with Gasteiger partial charge in [-0.25, -0.2) is 4.39 Å². The largest absolute Gasteiger partial charge is 0.330 e. The predicted molar refractivity (Wildman–Crippen MR) is 46.8 cm³/mol. The van der Waals surface area contributed by atoms with E-state index < -0.39 is 0 Å². The van der Waals surface area contributed by atoms with Gasteiger partial charge in [0.1, 0.15) is 0 Å². The average Bonchev–Trinajstić information content (AvgIpc) is 1.97. The van der Waals surface area contributed by atoms with E-state index in [2.05, 4.69) is 6.58 Å². The fraction of sp³-hybridized carbons (Fsp3) is 0.556. The molecule has 0 aromatic carbocycles. The quantitative estimate of drug-likeness (QED) is 0.609. The maximum absolute atomic E-state index is 12.2. The van der Waals surface area contributed by atoms with Gasteiger partial charge < -0.3 is 5.73 Å². The lowest BCUT2D eigenvalue weighted by molar-refractivity contribution is 0.583. The molecule has 0 spiro atoms. The number of hydrogen-bond donors (Lipinski definition) is 1. The van der Waals surface area contributed by atoms with Gasteiger partial charge in [0.2, 0.25) is 0 Å². The van der Waals surface area contributed by atoms with E-state index in [4.69, 9.17) is 5.73 Å². The molecule has 0 fully saturated rings. The second-order valence-corrected chi connectivity index (χ2v) is 2.60. The molecular weight excluding hydrogens is 141 g/mol.